The van der Waals surface area contributed by atoms with E-state index in [1.807, 2.05) is 0 Å². The van der Waals surface area contributed by atoms with Crippen LogP contribution in [0.3, 0.4) is 0 Å². The van der Waals surface area contributed by atoms with Crippen LogP contribution < -0.4 is 20.1 Å². The van der Waals surface area contributed by atoms with E-state index in [1.54, 1.807) is 39.0 Å². The van der Waals surface area contributed by atoms with E-state index in [2.05, 4.69) is 20.0 Å². The second kappa shape index (κ2) is 12.2. The van der Waals surface area contributed by atoms with Crippen molar-refractivity contribution in [2.75, 3.05) is 18.9 Å². The molecule has 1 aliphatic heterocycles. The molecule has 2 aromatic heterocycles. The molecule has 1 saturated heterocycles. The molecule has 1 unspecified atom stereocenters. The Morgan fingerprint density at radius 1 is 1.29 bits per heavy atom. The summed E-state index contributed by atoms with van der Waals surface area (Å²) in [4.78, 5) is 24.3. The molecule has 14 nitrogen and oxygen atoms in total. The number of esters is 1. The topological polar surface area (TPSA) is 182 Å². The van der Waals surface area contributed by atoms with Crippen LogP contribution in [0, 0.1) is 0 Å². The molecule has 1 aromatic carbocycles. The second-order valence-electron chi connectivity index (χ2n) is 9.49. The molecule has 230 valence electrons. The quantitative estimate of drug-likeness (QED) is 0.150. The Labute approximate surface area is 244 Å². The van der Waals surface area contributed by atoms with Crippen molar-refractivity contribution in [3.8, 4) is 11.6 Å². The molecule has 0 spiro atoms. The number of carbonyl (C=O) groups is 1. The lowest BCUT2D eigenvalue weighted by Gasteiger charge is -2.27. The molecule has 3 aromatic rings. The first kappa shape index (κ1) is 31.8. The molecule has 1 aliphatic rings. The molecule has 4 rings (SSSR count). The van der Waals surface area contributed by atoms with Crippen LogP contribution in [0.4, 0.5) is 14.7 Å². The molecule has 3 heterocycles. The van der Waals surface area contributed by atoms with Gasteiger partial charge in [-0.05, 0) is 39.8 Å². The number of nitrogens with zero attached hydrogens (tertiary/aromatic N) is 4. The number of nitrogen functional groups attached to an aromatic ring is 1. The number of ether oxygens (including phenoxy) is 3. The number of aliphatic hydroxyl groups is 1. The average Bonchev–Trinajstić information content (AvgIpc) is 3.40. The Bertz CT molecular complexity index is 1470. The smallest absolute Gasteiger partial charge is 0.459 e. The highest BCUT2D eigenvalue weighted by atomic mass is 35.5. The van der Waals surface area contributed by atoms with Gasteiger partial charge in [-0.3, -0.25) is 13.9 Å². The number of anilines is 1. The Morgan fingerprint density at radius 2 is 1.98 bits per heavy atom. The van der Waals surface area contributed by atoms with Crippen LogP contribution in [0.1, 0.15) is 33.9 Å². The summed E-state index contributed by atoms with van der Waals surface area (Å²) in [7, 11) is -4.62. The zero-order valence-electron chi connectivity index (χ0n) is 22.9. The minimum atomic E-state index is -4.62. The van der Waals surface area contributed by atoms with Crippen molar-refractivity contribution >= 4 is 42.4 Å². The second-order valence-corrected chi connectivity index (χ2v) is 11.8. The fourth-order valence-corrected chi connectivity index (χ4v) is 5.75. The Kier molecular flexibility index (Phi) is 9.25. The molecule has 0 amide bonds. The molecule has 18 heteroatoms. The van der Waals surface area contributed by atoms with Gasteiger partial charge in [0.05, 0.1) is 19.0 Å². The Balaban J connectivity index is 1.61. The number of rotatable bonds is 12. The van der Waals surface area contributed by atoms with Gasteiger partial charge in [-0.1, -0.05) is 29.8 Å². The predicted molar refractivity (Wildman–Crippen MR) is 145 cm³/mol. The largest absolute Gasteiger partial charge is 0.476 e. The van der Waals surface area contributed by atoms with Gasteiger partial charge in [0.1, 0.15) is 18.4 Å². The van der Waals surface area contributed by atoms with E-state index in [4.69, 9.17) is 40.6 Å². The zero-order valence-corrected chi connectivity index (χ0v) is 24.6. The summed E-state index contributed by atoms with van der Waals surface area (Å²) >= 11 is 5.99. The molecule has 0 bridgehead atoms. The van der Waals surface area contributed by atoms with E-state index in [0.29, 0.717) is 0 Å². The van der Waals surface area contributed by atoms with Crippen molar-refractivity contribution in [1.29, 1.82) is 0 Å². The first-order valence-corrected chi connectivity index (χ1v) is 14.6. The van der Waals surface area contributed by atoms with E-state index in [-0.39, 0.29) is 35.3 Å². The Morgan fingerprint density at radius 3 is 2.62 bits per heavy atom. The van der Waals surface area contributed by atoms with Gasteiger partial charge in [-0.2, -0.15) is 15.1 Å². The maximum Gasteiger partial charge on any atom is 0.459 e. The standard InChI is InChI=1S/C24H30ClF2N6O8P/c1-5-37-18-16-17(30-22(28)31-18)33(12-29-16)21-24(25,27)20(35)23(26,40-21)11-38-42(36,41-15-9-7-6-8-10-15)32-14(4)19(34)39-13(2)3/h6-10,12-14,20-21,35H,5,11H2,1-4H3,(H,32,36)(H2,28,30,31)/t14-,20+,21+,23+,24+,42?/m0/s1. The summed E-state index contributed by atoms with van der Waals surface area (Å²) in [5.41, 5.74) is 5.64. The number of imidazole rings is 1. The highest BCUT2D eigenvalue weighted by Crippen LogP contribution is 2.53. The number of carbonyl (C=O) groups excluding carboxylic acids is 1. The predicted octanol–water partition coefficient (Wildman–Crippen LogP) is 3.40. The lowest BCUT2D eigenvalue weighted by Crippen LogP contribution is -2.46. The number of hydrogen-bond donors (Lipinski definition) is 3. The maximum atomic E-state index is 16.1. The normalized spacial score (nSPS) is 26.2. The van der Waals surface area contributed by atoms with Gasteiger partial charge in [-0.25, -0.2) is 18.3 Å². The third kappa shape index (κ3) is 6.58. The SMILES string of the molecule is CCOc1nc(N)nc2c1ncn2[C@@H]1O[C@](F)(COP(=O)(N[C@@H](C)C(=O)OC(C)C)Oc2ccccc2)[C@@H](O)[C@]1(F)Cl. The lowest BCUT2D eigenvalue weighted by atomic mass is 10.1. The fourth-order valence-electron chi connectivity index (χ4n) is 3.93. The van der Waals surface area contributed by atoms with Crippen molar-refractivity contribution in [1.82, 2.24) is 24.6 Å². The van der Waals surface area contributed by atoms with E-state index in [0.717, 1.165) is 10.9 Å². The molecule has 1 fully saturated rings. The van der Waals surface area contributed by atoms with E-state index < -0.39 is 55.8 Å². The highest BCUT2D eigenvalue weighted by Gasteiger charge is 2.67. The number of para-hydroxylation sites is 1. The van der Waals surface area contributed by atoms with Gasteiger partial charge in [0.2, 0.25) is 11.8 Å². The van der Waals surface area contributed by atoms with Gasteiger partial charge < -0.3 is 29.6 Å². The first-order valence-electron chi connectivity index (χ1n) is 12.7. The van der Waals surface area contributed by atoms with Crippen molar-refractivity contribution in [3.63, 3.8) is 0 Å². The van der Waals surface area contributed by atoms with Crippen LogP contribution in [-0.2, 0) is 23.4 Å². The third-order valence-corrected chi connectivity index (χ3v) is 7.82. The Hall–Kier alpha value is -3.14. The van der Waals surface area contributed by atoms with Crippen LogP contribution in [0.15, 0.2) is 36.7 Å². The molecular weight excluding hydrogens is 605 g/mol. The van der Waals surface area contributed by atoms with E-state index in [1.165, 1.54) is 19.1 Å². The summed E-state index contributed by atoms with van der Waals surface area (Å²) in [5, 5.41) is 9.68. The summed E-state index contributed by atoms with van der Waals surface area (Å²) in [6.07, 6.45) is -4.22. The summed E-state index contributed by atoms with van der Waals surface area (Å²) in [6, 6.07) is 6.39. The number of hydrogen-bond acceptors (Lipinski definition) is 12. The number of benzene rings is 1. The maximum absolute atomic E-state index is 16.1. The third-order valence-electron chi connectivity index (χ3n) is 5.81. The van der Waals surface area contributed by atoms with Gasteiger partial charge in [0, 0.05) is 0 Å². The number of halogens is 3. The number of aromatic nitrogens is 4. The first-order chi connectivity index (χ1) is 19.7. The van der Waals surface area contributed by atoms with Crippen molar-refractivity contribution in [2.24, 2.45) is 0 Å². The van der Waals surface area contributed by atoms with Gasteiger partial charge >= 0.3 is 13.7 Å². The van der Waals surface area contributed by atoms with Gasteiger partial charge in [-0.15, -0.1) is 0 Å². The monoisotopic (exact) mass is 634 g/mol. The summed E-state index contributed by atoms with van der Waals surface area (Å²) in [6.45, 7) is 5.05. The molecule has 0 radical (unpaired) electrons. The van der Waals surface area contributed by atoms with Crippen LogP contribution in [0.25, 0.3) is 11.2 Å². The minimum absolute atomic E-state index is 0.0265. The van der Waals surface area contributed by atoms with E-state index in [9.17, 15) is 14.5 Å². The van der Waals surface area contributed by atoms with Crippen LogP contribution >= 0.6 is 19.3 Å². The molecule has 0 aliphatic carbocycles. The number of aliphatic hydroxyl groups excluding tert-OH is 1. The average molecular weight is 635 g/mol. The van der Waals surface area contributed by atoms with Gasteiger partial charge in [0.25, 0.3) is 11.0 Å². The van der Waals surface area contributed by atoms with Crippen molar-refractivity contribution in [3.05, 3.63) is 36.7 Å². The van der Waals surface area contributed by atoms with Crippen molar-refractivity contribution < 1.29 is 46.5 Å². The summed E-state index contributed by atoms with van der Waals surface area (Å²) in [5.74, 6) is -4.46. The fraction of sp³-hybridized carbons (Fsp3) is 0.500. The number of fused-ring (bicyclic) bond motifs is 1. The van der Waals surface area contributed by atoms with E-state index >= 15 is 8.78 Å². The number of alkyl halides is 3. The van der Waals surface area contributed by atoms with Crippen LogP contribution in [-0.4, -0.2) is 73.0 Å². The van der Waals surface area contributed by atoms with Crippen LogP contribution in [0.5, 0.6) is 11.6 Å². The molecule has 42 heavy (non-hydrogen) atoms. The van der Waals surface area contributed by atoms with Gasteiger partial charge in [0.15, 0.2) is 23.5 Å². The van der Waals surface area contributed by atoms with Crippen LogP contribution in [0.2, 0.25) is 0 Å². The minimum Gasteiger partial charge on any atom is -0.476 e. The lowest BCUT2D eigenvalue weighted by molar-refractivity contribution is -0.202. The summed E-state index contributed by atoms with van der Waals surface area (Å²) < 4.78 is 73.0. The molecule has 6 atom stereocenters. The molecular formula is C24H30ClF2N6O8P. The number of nitrogens with one attached hydrogen (secondary N) is 1. The molecule has 4 N–H and O–H groups in total. The highest BCUT2D eigenvalue weighted by molar-refractivity contribution is 7.52. The van der Waals surface area contributed by atoms with Crippen molar-refractivity contribution in [2.45, 2.75) is 63.2 Å². The zero-order chi connectivity index (χ0) is 30.9. The molecule has 0 saturated carbocycles. The number of nitrogens with two attached hydrogens (primary N) is 1.